The molecule has 1 aliphatic carbocycles. The highest BCUT2D eigenvalue weighted by molar-refractivity contribution is 7.80. The van der Waals surface area contributed by atoms with E-state index in [9.17, 15) is 4.79 Å². The van der Waals surface area contributed by atoms with Crippen LogP contribution in [-0.4, -0.2) is 28.8 Å². The van der Waals surface area contributed by atoms with Crippen LogP contribution in [0.3, 0.4) is 0 Å². The highest BCUT2D eigenvalue weighted by atomic mass is 32.1. The van der Waals surface area contributed by atoms with Gasteiger partial charge in [0, 0.05) is 19.0 Å². The molecule has 2 rings (SSSR count). The van der Waals surface area contributed by atoms with Gasteiger partial charge in [-0.15, -0.1) is 0 Å². The lowest BCUT2D eigenvalue weighted by atomic mass is 9.82. The van der Waals surface area contributed by atoms with Crippen LogP contribution in [0, 0.1) is 11.8 Å². The maximum atomic E-state index is 12.1. The van der Waals surface area contributed by atoms with Crippen molar-refractivity contribution in [3.8, 4) is 0 Å². The Morgan fingerprint density at radius 1 is 1.40 bits per heavy atom. The summed E-state index contributed by atoms with van der Waals surface area (Å²) in [6, 6.07) is 0. The number of hydrogen-bond donors (Lipinski definition) is 0. The Morgan fingerprint density at radius 2 is 2.07 bits per heavy atom. The Morgan fingerprint density at radius 3 is 2.67 bits per heavy atom. The van der Waals surface area contributed by atoms with E-state index in [4.69, 9.17) is 12.2 Å². The van der Waals surface area contributed by atoms with Crippen LogP contribution in [0.15, 0.2) is 12.2 Å². The van der Waals surface area contributed by atoms with Crippen molar-refractivity contribution in [3.05, 3.63) is 12.2 Å². The highest BCUT2D eigenvalue weighted by Crippen LogP contribution is 2.28. The minimum absolute atomic E-state index is 0.161. The van der Waals surface area contributed by atoms with Gasteiger partial charge in [-0.3, -0.25) is 4.79 Å². The molecule has 1 saturated carbocycles. The molecule has 1 fully saturated rings. The van der Waals surface area contributed by atoms with Gasteiger partial charge in [0.2, 0.25) is 5.91 Å². The van der Waals surface area contributed by atoms with Crippen LogP contribution in [0.5, 0.6) is 0 Å². The third-order valence-electron chi connectivity index (χ3n) is 3.42. The molecule has 0 aromatic rings. The molecule has 0 radical (unpaired) electrons. The zero-order valence-electron chi connectivity index (χ0n) is 9.11. The van der Waals surface area contributed by atoms with Crippen molar-refractivity contribution in [2.24, 2.45) is 11.8 Å². The number of rotatable bonds is 1. The van der Waals surface area contributed by atoms with Crippen LogP contribution in [0.2, 0.25) is 0 Å². The number of amides is 1. The summed E-state index contributed by atoms with van der Waals surface area (Å²) in [4.78, 5) is 15.1. The van der Waals surface area contributed by atoms with Crippen molar-refractivity contribution in [2.75, 3.05) is 13.1 Å². The lowest BCUT2D eigenvalue weighted by Crippen LogP contribution is -2.37. The second-order valence-electron chi connectivity index (χ2n) is 4.56. The summed E-state index contributed by atoms with van der Waals surface area (Å²) in [6.07, 6.45) is 7.03. The minimum Gasteiger partial charge on any atom is -0.335 e. The van der Waals surface area contributed by atoms with Crippen molar-refractivity contribution < 1.29 is 4.79 Å². The number of thiocarbonyl (C=S) groups is 1. The summed E-state index contributed by atoms with van der Waals surface area (Å²) >= 11 is 5.31. The van der Waals surface area contributed by atoms with Gasteiger partial charge in [-0.25, -0.2) is 0 Å². The number of carbonyl (C=O) groups excluding carboxylic acids is 1. The second-order valence-corrected chi connectivity index (χ2v) is 5.08. The average Bonchev–Trinajstić information content (AvgIpc) is 2.74. The van der Waals surface area contributed by atoms with E-state index < -0.39 is 0 Å². The zero-order valence-corrected chi connectivity index (χ0v) is 9.93. The van der Waals surface area contributed by atoms with E-state index >= 15 is 0 Å². The monoisotopic (exact) mass is 223 g/mol. The van der Waals surface area contributed by atoms with Crippen molar-refractivity contribution in [1.29, 1.82) is 0 Å². The predicted molar refractivity (Wildman–Crippen MR) is 64.8 cm³/mol. The molecule has 2 aliphatic rings. The molecule has 3 heteroatoms. The summed E-state index contributed by atoms with van der Waals surface area (Å²) < 4.78 is 0. The lowest BCUT2D eigenvalue weighted by Gasteiger charge is -2.29. The fraction of sp³-hybridized carbons (Fsp3) is 0.667. The molecule has 2 unspecified atom stereocenters. The fourth-order valence-corrected chi connectivity index (χ4v) is 2.60. The molecule has 15 heavy (non-hydrogen) atoms. The van der Waals surface area contributed by atoms with E-state index in [1.807, 2.05) is 4.90 Å². The molecule has 82 valence electrons. The number of nitrogens with zero attached hydrogens (tertiary/aromatic N) is 1. The summed E-state index contributed by atoms with van der Waals surface area (Å²) in [6.45, 7) is 3.75. The van der Waals surface area contributed by atoms with Crippen LogP contribution in [0.25, 0.3) is 0 Å². The van der Waals surface area contributed by atoms with E-state index in [-0.39, 0.29) is 5.92 Å². The number of carbonyl (C=O) groups is 1. The first-order chi connectivity index (χ1) is 7.18. The van der Waals surface area contributed by atoms with E-state index in [2.05, 4.69) is 19.1 Å². The molecule has 0 saturated heterocycles. The molecule has 0 bridgehead atoms. The van der Waals surface area contributed by atoms with E-state index in [1.165, 1.54) is 0 Å². The molecule has 1 heterocycles. The molecule has 0 aromatic heterocycles. The van der Waals surface area contributed by atoms with E-state index in [1.54, 1.807) is 0 Å². The topological polar surface area (TPSA) is 20.3 Å². The maximum absolute atomic E-state index is 12.1. The molecule has 2 nitrogen and oxygen atoms in total. The third-order valence-corrected chi connectivity index (χ3v) is 3.99. The second kappa shape index (κ2) is 4.44. The van der Waals surface area contributed by atoms with Gasteiger partial charge < -0.3 is 4.90 Å². The van der Waals surface area contributed by atoms with Gasteiger partial charge in [-0.1, -0.05) is 31.3 Å². The predicted octanol–water partition coefficient (Wildman–Crippen LogP) is 2.19. The van der Waals surface area contributed by atoms with Gasteiger partial charge in [-0.05, 0) is 30.0 Å². The zero-order chi connectivity index (χ0) is 10.8. The van der Waals surface area contributed by atoms with Gasteiger partial charge in [0.25, 0.3) is 0 Å². The summed E-state index contributed by atoms with van der Waals surface area (Å²) in [5.74, 6) is 0.989. The summed E-state index contributed by atoms with van der Waals surface area (Å²) in [7, 11) is 0. The normalized spacial score (nSPS) is 31.0. The van der Waals surface area contributed by atoms with E-state index in [0.717, 1.165) is 37.2 Å². The molecule has 1 amide bonds. The van der Waals surface area contributed by atoms with Crippen LogP contribution >= 0.6 is 12.2 Å². The first-order valence-electron chi connectivity index (χ1n) is 5.65. The molecule has 1 aliphatic heterocycles. The standard InChI is InChI=1S/C12H17NOS/c1-9-4-5-10(8-11(9)15)12(14)13-6-2-3-7-13/h2-3,9-10H,4-8H2,1H3. The molecule has 0 aromatic carbocycles. The van der Waals surface area contributed by atoms with E-state index in [0.29, 0.717) is 11.8 Å². The van der Waals surface area contributed by atoms with Crippen LogP contribution in [0.4, 0.5) is 0 Å². The van der Waals surface area contributed by atoms with Crippen molar-refractivity contribution >= 4 is 23.0 Å². The van der Waals surface area contributed by atoms with Crippen molar-refractivity contribution in [1.82, 2.24) is 4.90 Å². The van der Waals surface area contributed by atoms with Crippen LogP contribution < -0.4 is 0 Å². The Kier molecular flexibility index (Phi) is 3.19. The van der Waals surface area contributed by atoms with Crippen LogP contribution in [0.1, 0.15) is 26.2 Å². The third kappa shape index (κ3) is 2.28. The SMILES string of the molecule is CC1CCC(C(=O)N2CC=CC2)CC1=S. The Bertz CT molecular complexity index is 303. The largest absolute Gasteiger partial charge is 0.335 e. The fourth-order valence-electron chi connectivity index (χ4n) is 2.29. The number of hydrogen-bond acceptors (Lipinski definition) is 2. The Labute approximate surface area is 96.3 Å². The molecule has 0 N–H and O–H groups in total. The molecule has 2 atom stereocenters. The lowest BCUT2D eigenvalue weighted by molar-refractivity contribution is -0.134. The molecular weight excluding hydrogens is 206 g/mol. The average molecular weight is 223 g/mol. The Hall–Kier alpha value is -0.700. The summed E-state index contributed by atoms with van der Waals surface area (Å²) in [5.41, 5.74) is 0. The van der Waals surface area contributed by atoms with Gasteiger partial charge in [0.1, 0.15) is 0 Å². The van der Waals surface area contributed by atoms with Gasteiger partial charge >= 0.3 is 0 Å². The highest BCUT2D eigenvalue weighted by Gasteiger charge is 2.30. The maximum Gasteiger partial charge on any atom is 0.226 e. The smallest absolute Gasteiger partial charge is 0.226 e. The molecular formula is C12H17NOS. The Balaban J connectivity index is 1.93. The first-order valence-corrected chi connectivity index (χ1v) is 6.06. The van der Waals surface area contributed by atoms with Gasteiger partial charge in [0.15, 0.2) is 0 Å². The van der Waals surface area contributed by atoms with Crippen molar-refractivity contribution in [2.45, 2.75) is 26.2 Å². The molecule has 0 spiro atoms. The minimum atomic E-state index is 0.161. The first kappa shape index (κ1) is 10.8. The van der Waals surface area contributed by atoms with Crippen LogP contribution in [-0.2, 0) is 4.79 Å². The quantitative estimate of drug-likeness (QED) is 0.502. The van der Waals surface area contributed by atoms with Gasteiger partial charge in [0.05, 0.1) is 0 Å². The van der Waals surface area contributed by atoms with Crippen molar-refractivity contribution in [3.63, 3.8) is 0 Å². The van der Waals surface area contributed by atoms with Gasteiger partial charge in [-0.2, -0.15) is 0 Å². The summed E-state index contributed by atoms with van der Waals surface area (Å²) in [5, 5.41) is 0.